The van der Waals surface area contributed by atoms with Crippen LogP contribution in [0.5, 0.6) is 0 Å². The van der Waals surface area contributed by atoms with Crippen LogP contribution in [0.25, 0.3) is 11.0 Å². The number of ether oxygens (including phenoxy) is 2. The van der Waals surface area contributed by atoms with E-state index in [-0.39, 0.29) is 12.0 Å². The van der Waals surface area contributed by atoms with E-state index >= 15 is 0 Å². The van der Waals surface area contributed by atoms with E-state index in [9.17, 15) is 4.79 Å². The van der Waals surface area contributed by atoms with Gasteiger partial charge in [0.1, 0.15) is 16.9 Å². The molecule has 0 aromatic carbocycles. The maximum absolute atomic E-state index is 12.1. The molecule has 112 valence electrons. The predicted molar refractivity (Wildman–Crippen MR) is 77.5 cm³/mol. The molecule has 1 aliphatic heterocycles. The van der Waals surface area contributed by atoms with Crippen molar-refractivity contribution in [3.05, 3.63) is 17.8 Å². The molecule has 1 aliphatic rings. The Balaban J connectivity index is 2.14. The van der Waals surface area contributed by atoms with E-state index in [2.05, 4.69) is 21.9 Å². The van der Waals surface area contributed by atoms with Crippen LogP contribution in [-0.4, -0.2) is 53.6 Å². The molecule has 2 aromatic rings. The van der Waals surface area contributed by atoms with Crippen molar-refractivity contribution < 1.29 is 14.3 Å². The monoisotopic (exact) mass is 290 g/mol. The van der Waals surface area contributed by atoms with Gasteiger partial charge in [-0.15, -0.1) is 0 Å². The summed E-state index contributed by atoms with van der Waals surface area (Å²) in [5, 5.41) is 4.18. The number of aryl methyl sites for hydroxylation is 1. The predicted octanol–water partition coefficient (Wildman–Crippen LogP) is 0.980. The summed E-state index contributed by atoms with van der Waals surface area (Å²) in [7, 11) is 3.16. The fourth-order valence-electron chi connectivity index (χ4n) is 2.65. The minimum Gasteiger partial charge on any atom is -0.465 e. The highest BCUT2D eigenvalue weighted by Crippen LogP contribution is 2.25. The maximum Gasteiger partial charge on any atom is 0.340 e. The van der Waals surface area contributed by atoms with Gasteiger partial charge in [0.2, 0.25) is 0 Å². The van der Waals surface area contributed by atoms with Crippen LogP contribution in [-0.2, 0) is 16.5 Å². The number of nitrogens with zero attached hydrogens (tertiary/aromatic N) is 4. The molecular weight excluding hydrogens is 272 g/mol. The Labute approximate surface area is 122 Å². The summed E-state index contributed by atoms with van der Waals surface area (Å²) in [5.74, 6) is 0.375. The number of aromatic nitrogens is 3. The van der Waals surface area contributed by atoms with Crippen LogP contribution in [0.3, 0.4) is 0 Å². The third-order valence-corrected chi connectivity index (χ3v) is 3.75. The molecular formula is C14H18N4O3. The van der Waals surface area contributed by atoms with Crippen LogP contribution in [0.2, 0.25) is 0 Å². The van der Waals surface area contributed by atoms with Crippen LogP contribution < -0.4 is 4.90 Å². The van der Waals surface area contributed by atoms with E-state index in [4.69, 9.17) is 9.47 Å². The lowest BCUT2D eigenvalue weighted by molar-refractivity contribution is 0.0602. The second-order valence-corrected chi connectivity index (χ2v) is 5.14. The molecule has 0 spiro atoms. The summed E-state index contributed by atoms with van der Waals surface area (Å²) in [4.78, 5) is 18.8. The van der Waals surface area contributed by atoms with Gasteiger partial charge in [0.05, 0.1) is 38.1 Å². The Morgan fingerprint density at radius 1 is 1.52 bits per heavy atom. The number of pyridine rings is 1. The maximum atomic E-state index is 12.1. The van der Waals surface area contributed by atoms with E-state index in [1.54, 1.807) is 24.0 Å². The Bertz CT molecular complexity index is 682. The third-order valence-electron chi connectivity index (χ3n) is 3.75. The molecule has 1 fully saturated rings. The molecule has 0 radical (unpaired) electrons. The first-order chi connectivity index (χ1) is 10.1. The zero-order valence-electron chi connectivity index (χ0n) is 12.4. The number of fused-ring (bicyclic) bond motifs is 1. The van der Waals surface area contributed by atoms with Crippen molar-refractivity contribution in [1.29, 1.82) is 0 Å². The fourth-order valence-corrected chi connectivity index (χ4v) is 2.65. The van der Waals surface area contributed by atoms with Crippen molar-refractivity contribution in [2.24, 2.45) is 7.05 Å². The van der Waals surface area contributed by atoms with Gasteiger partial charge in [-0.1, -0.05) is 0 Å². The highest BCUT2D eigenvalue weighted by atomic mass is 16.5. The van der Waals surface area contributed by atoms with E-state index in [0.29, 0.717) is 29.8 Å². The third kappa shape index (κ3) is 2.33. The fraction of sp³-hybridized carbons (Fsp3) is 0.500. The molecule has 0 N–H and O–H groups in total. The van der Waals surface area contributed by atoms with Crippen molar-refractivity contribution in [3.63, 3.8) is 0 Å². The molecule has 0 bridgehead atoms. The smallest absolute Gasteiger partial charge is 0.340 e. The van der Waals surface area contributed by atoms with Gasteiger partial charge in [0, 0.05) is 13.6 Å². The summed E-state index contributed by atoms with van der Waals surface area (Å²) < 4.78 is 12.0. The molecule has 0 unspecified atom stereocenters. The molecule has 7 heteroatoms. The number of esters is 1. The van der Waals surface area contributed by atoms with Crippen LogP contribution >= 0.6 is 0 Å². The van der Waals surface area contributed by atoms with Crippen molar-refractivity contribution in [2.75, 3.05) is 31.8 Å². The number of carbonyl (C=O) groups excluding carboxylic acids is 1. The van der Waals surface area contributed by atoms with Crippen molar-refractivity contribution in [2.45, 2.75) is 13.0 Å². The van der Waals surface area contributed by atoms with Crippen LogP contribution in [0.4, 0.5) is 5.82 Å². The largest absolute Gasteiger partial charge is 0.465 e. The Hall–Kier alpha value is -2.15. The van der Waals surface area contributed by atoms with E-state index in [1.807, 2.05) is 0 Å². The highest BCUT2D eigenvalue weighted by molar-refractivity contribution is 6.02. The Morgan fingerprint density at radius 2 is 2.33 bits per heavy atom. The topological polar surface area (TPSA) is 69.5 Å². The molecule has 7 nitrogen and oxygen atoms in total. The van der Waals surface area contributed by atoms with Gasteiger partial charge < -0.3 is 14.4 Å². The van der Waals surface area contributed by atoms with Crippen molar-refractivity contribution in [1.82, 2.24) is 14.8 Å². The van der Waals surface area contributed by atoms with Gasteiger partial charge in [0.25, 0.3) is 0 Å². The first-order valence-corrected chi connectivity index (χ1v) is 6.87. The lowest BCUT2D eigenvalue weighted by atomic mass is 10.2. The van der Waals surface area contributed by atoms with Crippen molar-refractivity contribution in [3.8, 4) is 0 Å². The number of hydrogen-bond acceptors (Lipinski definition) is 6. The molecule has 0 aliphatic carbocycles. The minimum absolute atomic E-state index is 0.214. The molecule has 1 saturated heterocycles. The summed E-state index contributed by atoms with van der Waals surface area (Å²) in [6, 6.07) is 1.99. The van der Waals surface area contributed by atoms with Crippen LogP contribution in [0.1, 0.15) is 17.3 Å². The average molecular weight is 290 g/mol. The van der Waals surface area contributed by atoms with Crippen molar-refractivity contribution >= 4 is 22.8 Å². The summed E-state index contributed by atoms with van der Waals surface area (Å²) in [6.45, 7) is 4.14. The van der Waals surface area contributed by atoms with E-state index < -0.39 is 0 Å². The summed E-state index contributed by atoms with van der Waals surface area (Å²) in [6.07, 6.45) is 1.66. The van der Waals surface area contributed by atoms with Gasteiger partial charge in [-0.05, 0) is 13.0 Å². The quantitative estimate of drug-likeness (QED) is 0.768. The minimum atomic E-state index is -0.381. The molecule has 0 amide bonds. The van der Waals surface area contributed by atoms with Gasteiger partial charge >= 0.3 is 5.97 Å². The molecule has 1 atom stereocenters. The molecule has 3 heterocycles. The number of anilines is 1. The summed E-state index contributed by atoms with van der Waals surface area (Å²) >= 11 is 0. The van der Waals surface area contributed by atoms with Gasteiger partial charge in [-0.3, -0.25) is 4.68 Å². The number of hydrogen-bond donors (Lipinski definition) is 0. The van der Waals surface area contributed by atoms with Gasteiger partial charge in [-0.2, -0.15) is 5.10 Å². The van der Waals surface area contributed by atoms with Gasteiger partial charge in [0.15, 0.2) is 0 Å². The average Bonchev–Trinajstić information content (AvgIpc) is 2.87. The van der Waals surface area contributed by atoms with E-state index in [1.165, 1.54) is 7.11 Å². The second kappa shape index (κ2) is 5.33. The molecule has 2 aromatic heterocycles. The Morgan fingerprint density at radius 3 is 3.05 bits per heavy atom. The molecule has 0 saturated carbocycles. The van der Waals surface area contributed by atoms with Gasteiger partial charge in [-0.25, -0.2) is 9.78 Å². The first-order valence-electron chi connectivity index (χ1n) is 6.87. The highest BCUT2D eigenvalue weighted by Gasteiger charge is 2.24. The Kier molecular flexibility index (Phi) is 3.50. The SMILES string of the molecule is COC(=O)c1cc(N2CCOC[C@H]2C)nc2cnn(C)c12. The van der Waals surface area contributed by atoms with E-state index in [0.717, 1.165) is 12.4 Å². The molecule has 3 rings (SSSR count). The lowest BCUT2D eigenvalue weighted by Crippen LogP contribution is -2.44. The number of methoxy groups -OCH3 is 1. The number of rotatable bonds is 2. The zero-order valence-corrected chi connectivity index (χ0v) is 12.4. The molecule has 21 heavy (non-hydrogen) atoms. The van der Waals surface area contributed by atoms with Crippen LogP contribution in [0.15, 0.2) is 12.3 Å². The van der Waals surface area contributed by atoms with Crippen LogP contribution in [0, 0.1) is 0 Å². The second-order valence-electron chi connectivity index (χ2n) is 5.14. The first kappa shape index (κ1) is 13.8. The lowest BCUT2D eigenvalue weighted by Gasteiger charge is -2.34. The summed E-state index contributed by atoms with van der Waals surface area (Å²) in [5.41, 5.74) is 1.86. The zero-order chi connectivity index (χ0) is 15.0. The number of carbonyl (C=O) groups is 1. The standard InChI is InChI=1S/C14H18N4O3/c1-9-8-21-5-4-18(9)12-6-10(14(19)20-3)13-11(16-12)7-15-17(13)2/h6-7,9H,4-5,8H2,1-3H3/t9-/m1/s1. The normalized spacial score (nSPS) is 19.0. The number of morpholine rings is 1.